The van der Waals surface area contributed by atoms with Gasteiger partial charge in [0.25, 0.3) is 0 Å². The van der Waals surface area contributed by atoms with Crippen LogP contribution in [0.2, 0.25) is 0 Å². The van der Waals surface area contributed by atoms with Crippen LogP contribution in [0, 0.1) is 5.92 Å². The second-order valence-corrected chi connectivity index (χ2v) is 5.32. The molecule has 1 aromatic rings. The number of para-hydroxylation sites is 1. The number of carboxylic acid groups (broad SMARTS) is 2. The number of nitrogens with one attached hydrogen (secondary N) is 2. The van der Waals surface area contributed by atoms with Crippen molar-refractivity contribution in [1.29, 1.82) is 0 Å². The van der Waals surface area contributed by atoms with Gasteiger partial charge < -0.3 is 15.5 Å². The zero-order chi connectivity index (χ0) is 15.8. The van der Waals surface area contributed by atoms with Gasteiger partial charge in [0, 0.05) is 12.2 Å². The van der Waals surface area contributed by atoms with Crippen LogP contribution in [0.3, 0.4) is 0 Å². The van der Waals surface area contributed by atoms with E-state index in [1.807, 2.05) is 44.2 Å². The largest absolute Gasteiger partial charge is 0.480 e. The van der Waals surface area contributed by atoms with E-state index in [1.54, 1.807) is 0 Å². The molecule has 0 aliphatic heterocycles. The maximum absolute atomic E-state index is 11.3. The summed E-state index contributed by atoms with van der Waals surface area (Å²) in [7, 11) is 0. The minimum absolute atomic E-state index is 0.112. The van der Waals surface area contributed by atoms with Crippen LogP contribution in [0.15, 0.2) is 30.3 Å². The number of anilines is 1. The van der Waals surface area contributed by atoms with Crippen molar-refractivity contribution in [2.24, 2.45) is 5.92 Å². The van der Waals surface area contributed by atoms with E-state index in [-0.39, 0.29) is 12.5 Å². The van der Waals surface area contributed by atoms with Crippen LogP contribution in [-0.4, -0.2) is 40.8 Å². The number of rotatable bonds is 9. The number of carbonyl (C=O) groups is 2. The maximum Gasteiger partial charge on any atom is 0.322 e. The Hall–Kier alpha value is -2.08. The molecule has 0 aromatic heterocycles. The van der Waals surface area contributed by atoms with Crippen LogP contribution < -0.4 is 10.6 Å². The van der Waals surface area contributed by atoms with Crippen LogP contribution in [0.4, 0.5) is 5.69 Å². The van der Waals surface area contributed by atoms with Gasteiger partial charge in [0.1, 0.15) is 12.1 Å². The zero-order valence-electron chi connectivity index (χ0n) is 12.2. The van der Waals surface area contributed by atoms with E-state index < -0.39 is 24.0 Å². The van der Waals surface area contributed by atoms with E-state index in [0.717, 1.165) is 5.69 Å². The summed E-state index contributed by atoms with van der Waals surface area (Å²) >= 11 is 0. The molecular formula is C15H22N2O4. The third kappa shape index (κ3) is 6.27. The summed E-state index contributed by atoms with van der Waals surface area (Å²) in [6.07, 6.45) is 0.379. The molecule has 0 bridgehead atoms. The lowest BCUT2D eigenvalue weighted by Crippen LogP contribution is -2.50. The van der Waals surface area contributed by atoms with Crippen molar-refractivity contribution in [2.45, 2.75) is 32.4 Å². The Morgan fingerprint density at radius 3 is 2.10 bits per heavy atom. The normalized spacial score (nSPS) is 13.7. The van der Waals surface area contributed by atoms with Crippen molar-refractivity contribution in [3.8, 4) is 0 Å². The summed E-state index contributed by atoms with van der Waals surface area (Å²) < 4.78 is 0. The van der Waals surface area contributed by atoms with Gasteiger partial charge in [-0.3, -0.25) is 14.9 Å². The third-order valence-electron chi connectivity index (χ3n) is 2.99. The highest BCUT2D eigenvalue weighted by Crippen LogP contribution is 2.08. The Morgan fingerprint density at radius 1 is 1.05 bits per heavy atom. The molecule has 2 unspecified atom stereocenters. The number of aliphatic carboxylic acids is 2. The first-order valence-electron chi connectivity index (χ1n) is 6.90. The molecule has 0 aliphatic carbocycles. The standard InChI is InChI=1S/C15H22N2O4/c1-10(2)8-12(14(18)19)17-13(15(20)21)9-16-11-6-4-3-5-7-11/h3-7,10,12-13,16-17H,8-9H2,1-2H3,(H,18,19)(H,20,21). The van der Waals surface area contributed by atoms with Crippen molar-refractivity contribution in [2.75, 3.05) is 11.9 Å². The topological polar surface area (TPSA) is 98.7 Å². The Kier molecular flexibility index (Phi) is 6.68. The maximum atomic E-state index is 11.3. The predicted octanol–water partition coefficient (Wildman–Crippen LogP) is 1.64. The highest BCUT2D eigenvalue weighted by molar-refractivity contribution is 5.78. The molecule has 0 spiro atoms. The van der Waals surface area contributed by atoms with Gasteiger partial charge in [-0.2, -0.15) is 0 Å². The van der Waals surface area contributed by atoms with Gasteiger partial charge in [-0.15, -0.1) is 0 Å². The second-order valence-electron chi connectivity index (χ2n) is 5.32. The van der Waals surface area contributed by atoms with E-state index in [1.165, 1.54) is 0 Å². The summed E-state index contributed by atoms with van der Waals surface area (Å²) in [6, 6.07) is 7.34. The smallest absolute Gasteiger partial charge is 0.322 e. The first-order valence-corrected chi connectivity index (χ1v) is 6.90. The fourth-order valence-corrected chi connectivity index (χ4v) is 1.95. The van der Waals surface area contributed by atoms with Crippen molar-refractivity contribution >= 4 is 17.6 Å². The molecule has 0 amide bonds. The van der Waals surface area contributed by atoms with Crippen LogP contribution in [0.5, 0.6) is 0 Å². The Labute approximate surface area is 124 Å². The number of benzene rings is 1. The van der Waals surface area contributed by atoms with Gasteiger partial charge in [0.05, 0.1) is 0 Å². The van der Waals surface area contributed by atoms with E-state index >= 15 is 0 Å². The molecule has 0 heterocycles. The van der Waals surface area contributed by atoms with Gasteiger partial charge in [-0.1, -0.05) is 32.0 Å². The lowest BCUT2D eigenvalue weighted by atomic mass is 10.0. The van der Waals surface area contributed by atoms with Crippen molar-refractivity contribution in [3.63, 3.8) is 0 Å². The summed E-state index contributed by atoms with van der Waals surface area (Å²) in [5.74, 6) is -1.95. The zero-order valence-corrected chi connectivity index (χ0v) is 12.2. The molecule has 2 atom stereocenters. The number of carboxylic acids is 2. The summed E-state index contributed by atoms with van der Waals surface area (Å²) in [6.45, 7) is 3.91. The number of hydrogen-bond donors (Lipinski definition) is 4. The first-order chi connectivity index (χ1) is 9.90. The van der Waals surface area contributed by atoms with Crippen molar-refractivity contribution in [3.05, 3.63) is 30.3 Å². The molecule has 0 saturated carbocycles. The van der Waals surface area contributed by atoms with Crippen molar-refractivity contribution < 1.29 is 19.8 Å². The molecule has 6 heteroatoms. The molecule has 6 nitrogen and oxygen atoms in total. The highest BCUT2D eigenvalue weighted by atomic mass is 16.4. The van der Waals surface area contributed by atoms with Crippen LogP contribution in [-0.2, 0) is 9.59 Å². The van der Waals surface area contributed by atoms with Gasteiger partial charge in [-0.25, -0.2) is 0 Å². The summed E-state index contributed by atoms with van der Waals surface area (Å²) in [4.78, 5) is 22.5. The molecule has 0 saturated heterocycles. The molecule has 116 valence electrons. The van der Waals surface area contributed by atoms with Crippen molar-refractivity contribution in [1.82, 2.24) is 5.32 Å². The molecule has 0 aliphatic rings. The van der Waals surface area contributed by atoms with E-state index in [2.05, 4.69) is 10.6 Å². The van der Waals surface area contributed by atoms with Crippen LogP contribution in [0.1, 0.15) is 20.3 Å². The average molecular weight is 294 g/mol. The Morgan fingerprint density at radius 2 is 1.62 bits per heavy atom. The van der Waals surface area contributed by atoms with E-state index in [0.29, 0.717) is 6.42 Å². The molecule has 0 radical (unpaired) electrons. The quantitative estimate of drug-likeness (QED) is 0.552. The van der Waals surface area contributed by atoms with E-state index in [9.17, 15) is 14.7 Å². The molecule has 21 heavy (non-hydrogen) atoms. The number of hydrogen-bond acceptors (Lipinski definition) is 4. The lowest BCUT2D eigenvalue weighted by molar-refractivity contribution is -0.142. The predicted molar refractivity (Wildman–Crippen MR) is 80.4 cm³/mol. The fourth-order valence-electron chi connectivity index (χ4n) is 1.95. The van der Waals surface area contributed by atoms with Crippen LogP contribution in [0.25, 0.3) is 0 Å². The Bertz CT molecular complexity index is 462. The molecule has 0 fully saturated rings. The minimum atomic E-state index is -1.08. The molecule has 1 rings (SSSR count). The molecule has 4 N–H and O–H groups in total. The lowest BCUT2D eigenvalue weighted by Gasteiger charge is -2.22. The average Bonchev–Trinajstić information content (AvgIpc) is 2.42. The summed E-state index contributed by atoms with van der Waals surface area (Å²) in [5.41, 5.74) is 0.793. The monoisotopic (exact) mass is 294 g/mol. The fraction of sp³-hybridized carbons (Fsp3) is 0.467. The first kappa shape index (κ1) is 17.0. The molecule has 1 aromatic carbocycles. The third-order valence-corrected chi connectivity index (χ3v) is 2.99. The van der Waals surface area contributed by atoms with Gasteiger partial charge in [-0.05, 0) is 24.5 Å². The highest BCUT2D eigenvalue weighted by Gasteiger charge is 2.26. The van der Waals surface area contributed by atoms with E-state index in [4.69, 9.17) is 5.11 Å². The second kappa shape index (κ2) is 8.26. The van der Waals surface area contributed by atoms with Gasteiger partial charge in [0.15, 0.2) is 0 Å². The van der Waals surface area contributed by atoms with Crippen LogP contribution >= 0.6 is 0 Å². The van der Waals surface area contributed by atoms with Gasteiger partial charge >= 0.3 is 11.9 Å². The Balaban J connectivity index is 2.63. The van der Waals surface area contributed by atoms with Gasteiger partial charge in [0.2, 0.25) is 0 Å². The SMILES string of the molecule is CC(C)CC(NC(CNc1ccccc1)C(=O)O)C(=O)O. The summed E-state index contributed by atoms with van der Waals surface area (Å²) in [5, 5.41) is 24.1. The minimum Gasteiger partial charge on any atom is -0.480 e. The molecular weight excluding hydrogens is 272 g/mol.